The van der Waals surface area contributed by atoms with E-state index in [4.69, 9.17) is 6.42 Å². The average molecular weight is 412 g/mol. The molecule has 0 spiro atoms. The highest BCUT2D eigenvalue weighted by atomic mass is 79.9. The summed E-state index contributed by atoms with van der Waals surface area (Å²) < 4.78 is 16.2. The quantitative estimate of drug-likeness (QED) is 0.601. The van der Waals surface area contributed by atoms with Gasteiger partial charge >= 0.3 is 0 Å². The third-order valence-corrected chi connectivity index (χ3v) is 4.39. The molecule has 0 atom stereocenters. The molecule has 2 aromatic carbocycles. The van der Waals surface area contributed by atoms with E-state index in [9.17, 15) is 9.18 Å². The van der Waals surface area contributed by atoms with E-state index in [2.05, 4.69) is 26.9 Å². The zero-order valence-corrected chi connectivity index (χ0v) is 15.6. The Labute approximate surface area is 159 Å². The second-order valence-corrected chi connectivity index (χ2v) is 6.54. The van der Waals surface area contributed by atoms with Crippen molar-refractivity contribution in [3.8, 4) is 23.5 Å². The Balaban J connectivity index is 2.09. The first-order valence-corrected chi connectivity index (χ1v) is 8.60. The van der Waals surface area contributed by atoms with Gasteiger partial charge in [0.1, 0.15) is 5.56 Å². The molecule has 0 N–H and O–H groups in total. The molecular formula is C20H15BrFN3O. The van der Waals surface area contributed by atoms with Crippen LogP contribution in [-0.2, 0) is 7.05 Å². The molecule has 0 aliphatic rings. The predicted octanol–water partition coefficient (Wildman–Crippen LogP) is 4.27. The maximum absolute atomic E-state index is 14.0. The third kappa shape index (κ3) is 3.53. The fraction of sp³-hybridized carbons (Fsp3) is 0.100. The number of terminal acetylenes is 1. The molecule has 0 fully saturated rings. The van der Waals surface area contributed by atoms with Crippen LogP contribution in [0.3, 0.4) is 0 Å². The number of nitrogens with zero attached hydrogens (tertiary/aromatic N) is 3. The summed E-state index contributed by atoms with van der Waals surface area (Å²) in [5, 5.41) is 3.60. The van der Waals surface area contributed by atoms with E-state index in [0.29, 0.717) is 5.69 Å². The minimum Gasteiger partial charge on any atom is -0.296 e. The first kappa shape index (κ1) is 17.9. The number of rotatable bonds is 4. The summed E-state index contributed by atoms with van der Waals surface area (Å²) in [5.41, 5.74) is 2.24. The van der Waals surface area contributed by atoms with Crippen LogP contribution in [0.25, 0.3) is 11.1 Å². The summed E-state index contributed by atoms with van der Waals surface area (Å²) in [4.78, 5) is 14.3. The van der Waals surface area contributed by atoms with Gasteiger partial charge in [-0.2, -0.15) is 4.39 Å². The summed E-state index contributed by atoms with van der Waals surface area (Å²) in [6, 6.07) is 15.1. The molecule has 1 heterocycles. The lowest BCUT2D eigenvalue weighted by atomic mass is 10.0. The number of carbonyl (C=O) groups is 1. The van der Waals surface area contributed by atoms with E-state index >= 15 is 0 Å². The van der Waals surface area contributed by atoms with Crippen molar-refractivity contribution < 1.29 is 9.18 Å². The van der Waals surface area contributed by atoms with E-state index in [0.717, 1.165) is 15.6 Å². The van der Waals surface area contributed by atoms with E-state index in [-0.39, 0.29) is 12.1 Å². The fourth-order valence-electron chi connectivity index (χ4n) is 2.69. The minimum absolute atomic E-state index is 0.0146. The van der Waals surface area contributed by atoms with Gasteiger partial charge in [-0.15, -0.1) is 11.5 Å². The van der Waals surface area contributed by atoms with Gasteiger partial charge in [0, 0.05) is 23.3 Å². The van der Waals surface area contributed by atoms with Crippen LogP contribution in [0.1, 0.15) is 10.4 Å². The summed E-state index contributed by atoms with van der Waals surface area (Å²) in [7, 11) is 1.56. The fourth-order valence-corrected chi connectivity index (χ4v) is 2.95. The molecule has 1 amide bonds. The molecule has 26 heavy (non-hydrogen) atoms. The van der Waals surface area contributed by atoms with Crippen molar-refractivity contribution in [3.63, 3.8) is 0 Å². The monoisotopic (exact) mass is 411 g/mol. The maximum Gasteiger partial charge on any atom is 0.265 e. The Kier molecular flexibility index (Phi) is 5.19. The van der Waals surface area contributed by atoms with Crippen molar-refractivity contribution >= 4 is 27.5 Å². The highest BCUT2D eigenvalue weighted by Crippen LogP contribution is 2.32. The number of aryl methyl sites for hydroxylation is 1. The molecule has 0 aliphatic heterocycles. The third-order valence-electron chi connectivity index (χ3n) is 3.86. The smallest absolute Gasteiger partial charge is 0.265 e. The molecule has 0 saturated heterocycles. The number of para-hydroxylation sites is 1. The first-order chi connectivity index (χ1) is 12.5. The van der Waals surface area contributed by atoms with Crippen LogP contribution in [0, 0.1) is 18.3 Å². The van der Waals surface area contributed by atoms with Crippen molar-refractivity contribution in [1.29, 1.82) is 0 Å². The van der Waals surface area contributed by atoms with E-state index in [1.807, 2.05) is 42.5 Å². The molecule has 3 rings (SSSR count). The summed E-state index contributed by atoms with van der Waals surface area (Å²) >= 11 is 3.41. The standard InChI is InChI=1S/C20H15BrFN3O/c1-3-12-25(20(26)17-13-24(2)23-19(17)22)18-7-5-4-6-16(18)14-8-10-15(21)11-9-14/h1,4-11,13H,12H2,2H3. The lowest BCUT2D eigenvalue weighted by Crippen LogP contribution is -2.32. The molecule has 1 aromatic heterocycles. The highest BCUT2D eigenvalue weighted by Gasteiger charge is 2.24. The number of carbonyl (C=O) groups excluding carboxylic acids is 1. The largest absolute Gasteiger partial charge is 0.296 e. The normalized spacial score (nSPS) is 10.4. The van der Waals surface area contributed by atoms with Gasteiger partial charge < -0.3 is 0 Å². The molecule has 4 nitrogen and oxygen atoms in total. The van der Waals surface area contributed by atoms with Gasteiger partial charge in [0.25, 0.3) is 5.91 Å². The first-order valence-electron chi connectivity index (χ1n) is 7.80. The molecular weight excluding hydrogens is 397 g/mol. The number of hydrogen-bond acceptors (Lipinski definition) is 2. The summed E-state index contributed by atoms with van der Waals surface area (Å²) in [6.45, 7) is 0.0146. The van der Waals surface area contributed by atoms with Gasteiger partial charge in [-0.3, -0.25) is 14.4 Å². The number of benzene rings is 2. The van der Waals surface area contributed by atoms with Crippen LogP contribution in [0.5, 0.6) is 0 Å². The van der Waals surface area contributed by atoms with Crippen molar-refractivity contribution in [2.24, 2.45) is 7.05 Å². The SMILES string of the molecule is C#CCN(C(=O)c1cn(C)nc1F)c1ccccc1-c1ccc(Br)cc1. The van der Waals surface area contributed by atoms with Gasteiger partial charge in [-0.05, 0) is 23.8 Å². The van der Waals surface area contributed by atoms with Gasteiger partial charge in [-0.1, -0.05) is 52.2 Å². The molecule has 3 aromatic rings. The molecule has 130 valence electrons. The molecule has 0 unspecified atom stereocenters. The number of aromatic nitrogens is 2. The van der Waals surface area contributed by atoms with E-state index in [1.54, 1.807) is 13.1 Å². The van der Waals surface area contributed by atoms with Crippen molar-refractivity contribution in [3.05, 3.63) is 70.7 Å². The average Bonchev–Trinajstić information content (AvgIpc) is 2.98. The zero-order valence-electron chi connectivity index (χ0n) is 14.0. The van der Waals surface area contributed by atoms with Crippen molar-refractivity contribution in [1.82, 2.24) is 9.78 Å². The van der Waals surface area contributed by atoms with Crippen LogP contribution in [0.2, 0.25) is 0 Å². The Hall–Kier alpha value is -2.91. The molecule has 6 heteroatoms. The van der Waals surface area contributed by atoms with Crippen LogP contribution < -0.4 is 4.90 Å². The summed E-state index contributed by atoms with van der Waals surface area (Å²) in [5.74, 6) is 1.13. The van der Waals surface area contributed by atoms with Gasteiger partial charge in [0.05, 0.1) is 12.2 Å². The predicted molar refractivity (Wildman–Crippen MR) is 103 cm³/mol. The number of hydrogen-bond donors (Lipinski definition) is 0. The number of anilines is 1. The Morgan fingerprint density at radius 3 is 2.58 bits per heavy atom. The van der Waals surface area contributed by atoms with Crippen LogP contribution in [0.4, 0.5) is 10.1 Å². The van der Waals surface area contributed by atoms with Crippen LogP contribution >= 0.6 is 15.9 Å². The van der Waals surface area contributed by atoms with Gasteiger partial charge in [0.2, 0.25) is 5.95 Å². The Morgan fingerprint density at radius 2 is 1.96 bits per heavy atom. The van der Waals surface area contributed by atoms with Gasteiger partial charge in [0.15, 0.2) is 0 Å². The Morgan fingerprint density at radius 1 is 1.27 bits per heavy atom. The van der Waals surface area contributed by atoms with E-state index in [1.165, 1.54) is 15.8 Å². The van der Waals surface area contributed by atoms with Crippen LogP contribution in [-0.4, -0.2) is 22.2 Å². The topological polar surface area (TPSA) is 38.1 Å². The molecule has 0 radical (unpaired) electrons. The van der Waals surface area contributed by atoms with Crippen molar-refractivity contribution in [2.45, 2.75) is 0 Å². The number of halogens is 2. The molecule has 0 aliphatic carbocycles. The summed E-state index contributed by atoms with van der Waals surface area (Å²) in [6.07, 6.45) is 6.82. The maximum atomic E-state index is 14.0. The zero-order chi connectivity index (χ0) is 18.7. The van der Waals surface area contributed by atoms with E-state index < -0.39 is 11.9 Å². The number of amides is 1. The molecule has 0 bridgehead atoms. The minimum atomic E-state index is -0.819. The highest BCUT2D eigenvalue weighted by molar-refractivity contribution is 9.10. The van der Waals surface area contributed by atoms with Crippen molar-refractivity contribution in [2.75, 3.05) is 11.4 Å². The lowest BCUT2D eigenvalue weighted by Gasteiger charge is -2.23. The second-order valence-electron chi connectivity index (χ2n) is 5.63. The van der Waals surface area contributed by atoms with Crippen LogP contribution in [0.15, 0.2) is 59.2 Å². The molecule has 0 saturated carbocycles. The van der Waals surface area contributed by atoms with Gasteiger partial charge in [-0.25, -0.2) is 0 Å². The second kappa shape index (κ2) is 7.54. The Bertz CT molecular complexity index is 989. The lowest BCUT2D eigenvalue weighted by molar-refractivity contribution is 0.0986.